The van der Waals surface area contributed by atoms with Crippen LogP contribution in [-0.2, 0) is 11.2 Å². The first-order valence-corrected chi connectivity index (χ1v) is 7.58. The third-order valence-corrected chi connectivity index (χ3v) is 3.88. The van der Waals surface area contributed by atoms with E-state index in [4.69, 9.17) is 5.73 Å². The first-order chi connectivity index (χ1) is 9.72. The number of nitrogens with two attached hydrogens (primary N) is 1. The van der Waals surface area contributed by atoms with Gasteiger partial charge in [0.2, 0.25) is 5.91 Å². The fourth-order valence-electron chi connectivity index (χ4n) is 2.79. The molecular weight excluding hydrogens is 250 g/mol. The van der Waals surface area contributed by atoms with Crippen molar-refractivity contribution in [3.63, 3.8) is 0 Å². The zero-order chi connectivity index (χ0) is 14.4. The number of anilines is 1. The van der Waals surface area contributed by atoms with E-state index in [0.717, 1.165) is 38.9 Å². The van der Waals surface area contributed by atoms with Gasteiger partial charge in [-0.25, -0.2) is 0 Å². The summed E-state index contributed by atoms with van der Waals surface area (Å²) >= 11 is 0. The monoisotopic (exact) mass is 275 g/mol. The van der Waals surface area contributed by atoms with Gasteiger partial charge < -0.3 is 16.0 Å². The van der Waals surface area contributed by atoms with Gasteiger partial charge in [-0.15, -0.1) is 0 Å². The topological polar surface area (TPSA) is 58.4 Å². The average molecular weight is 275 g/mol. The Labute approximate surface area is 121 Å². The molecule has 0 bridgehead atoms. The summed E-state index contributed by atoms with van der Waals surface area (Å²) in [6.45, 7) is 4.87. The van der Waals surface area contributed by atoms with E-state index in [1.165, 1.54) is 17.7 Å². The molecule has 4 heteroatoms. The van der Waals surface area contributed by atoms with E-state index in [-0.39, 0.29) is 11.9 Å². The summed E-state index contributed by atoms with van der Waals surface area (Å²) in [5, 5.41) is 3.23. The number of primary amides is 1. The van der Waals surface area contributed by atoms with Crippen molar-refractivity contribution < 1.29 is 4.79 Å². The normalized spacial score (nSPS) is 15.8. The molecule has 1 aromatic rings. The Morgan fingerprint density at radius 1 is 1.45 bits per heavy atom. The van der Waals surface area contributed by atoms with Gasteiger partial charge in [-0.3, -0.25) is 4.79 Å². The standard InChI is InChI=1S/C16H25N3O/c1-2-10-18-14(16(17)20)9-12-19-11-5-7-13-6-3-4-8-15(13)19/h3-4,6,8,14,18H,2,5,7,9-12H2,1H3,(H2,17,20). The lowest BCUT2D eigenvalue weighted by molar-refractivity contribution is -0.120. The van der Waals surface area contributed by atoms with Crippen LogP contribution in [0.1, 0.15) is 31.7 Å². The third-order valence-electron chi connectivity index (χ3n) is 3.88. The molecule has 1 atom stereocenters. The predicted molar refractivity (Wildman–Crippen MR) is 82.9 cm³/mol. The van der Waals surface area contributed by atoms with Crippen molar-refractivity contribution in [1.29, 1.82) is 0 Å². The van der Waals surface area contributed by atoms with Crippen molar-refractivity contribution in [2.75, 3.05) is 24.5 Å². The van der Waals surface area contributed by atoms with Gasteiger partial charge in [0.25, 0.3) is 0 Å². The summed E-state index contributed by atoms with van der Waals surface area (Å²) in [5.74, 6) is -0.247. The fourth-order valence-corrected chi connectivity index (χ4v) is 2.79. The van der Waals surface area contributed by atoms with Crippen molar-refractivity contribution in [1.82, 2.24) is 5.32 Å². The van der Waals surface area contributed by atoms with Crippen LogP contribution in [0.15, 0.2) is 24.3 Å². The lowest BCUT2D eigenvalue weighted by Gasteiger charge is -2.32. The van der Waals surface area contributed by atoms with E-state index >= 15 is 0 Å². The summed E-state index contributed by atoms with van der Waals surface area (Å²) in [7, 11) is 0. The Bertz CT molecular complexity index is 447. The van der Waals surface area contributed by atoms with Crippen LogP contribution in [0.5, 0.6) is 0 Å². The van der Waals surface area contributed by atoms with E-state index < -0.39 is 0 Å². The van der Waals surface area contributed by atoms with Crippen molar-refractivity contribution in [2.45, 2.75) is 38.6 Å². The molecule has 4 nitrogen and oxygen atoms in total. The summed E-state index contributed by atoms with van der Waals surface area (Å²) in [6.07, 6.45) is 4.11. The van der Waals surface area contributed by atoms with Crippen LogP contribution in [0.4, 0.5) is 5.69 Å². The first-order valence-electron chi connectivity index (χ1n) is 7.58. The van der Waals surface area contributed by atoms with Gasteiger partial charge in [0.05, 0.1) is 6.04 Å². The molecule has 2 rings (SSSR count). The molecule has 0 aromatic heterocycles. The summed E-state index contributed by atoms with van der Waals surface area (Å²) in [5.41, 5.74) is 8.20. The Hall–Kier alpha value is -1.55. The number of aryl methyl sites for hydroxylation is 1. The van der Waals surface area contributed by atoms with Crippen LogP contribution in [-0.4, -0.2) is 31.6 Å². The number of fused-ring (bicyclic) bond motifs is 1. The molecule has 0 fully saturated rings. The maximum atomic E-state index is 11.5. The van der Waals surface area contributed by atoms with Crippen LogP contribution in [0.25, 0.3) is 0 Å². The molecule has 1 unspecified atom stereocenters. The van der Waals surface area contributed by atoms with Gasteiger partial charge in [0.1, 0.15) is 0 Å². The van der Waals surface area contributed by atoms with Crippen LogP contribution >= 0.6 is 0 Å². The zero-order valence-corrected chi connectivity index (χ0v) is 12.3. The maximum Gasteiger partial charge on any atom is 0.234 e. The van der Waals surface area contributed by atoms with Crippen molar-refractivity contribution in [3.8, 4) is 0 Å². The molecule has 1 aliphatic heterocycles. The van der Waals surface area contributed by atoms with Gasteiger partial charge in [-0.05, 0) is 43.9 Å². The highest BCUT2D eigenvalue weighted by Gasteiger charge is 2.19. The number of hydrogen-bond acceptors (Lipinski definition) is 3. The minimum Gasteiger partial charge on any atom is -0.371 e. The van der Waals surface area contributed by atoms with Gasteiger partial charge in [-0.2, -0.15) is 0 Å². The highest BCUT2D eigenvalue weighted by Crippen LogP contribution is 2.26. The highest BCUT2D eigenvalue weighted by atomic mass is 16.1. The van der Waals surface area contributed by atoms with Crippen LogP contribution < -0.4 is 16.0 Å². The smallest absolute Gasteiger partial charge is 0.234 e. The molecule has 1 amide bonds. The second-order valence-electron chi connectivity index (χ2n) is 5.42. The molecule has 0 spiro atoms. The number of amides is 1. The minimum absolute atomic E-state index is 0.218. The molecule has 110 valence electrons. The number of benzene rings is 1. The van der Waals surface area contributed by atoms with E-state index in [1.807, 2.05) is 0 Å². The Balaban J connectivity index is 1.95. The second-order valence-corrected chi connectivity index (χ2v) is 5.42. The molecule has 1 aromatic carbocycles. The molecule has 20 heavy (non-hydrogen) atoms. The third kappa shape index (κ3) is 3.73. The summed E-state index contributed by atoms with van der Waals surface area (Å²) < 4.78 is 0. The summed E-state index contributed by atoms with van der Waals surface area (Å²) in [6, 6.07) is 8.33. The van der Waals surface area contributed by atoms with Crippen LogP contribution in [0, 0.1) is 0 Å². The molecule has 3 N–H and O–H groups in total. The SMILES string of the molecule is CCCNC(CCN1CCCc2ccccc21)C(N)=O. The van der Waals surface area contributed by atoms with E-state index in [2.05, 4.69) is 41.4 Å². The molecule has 0 saturated carbocycles. The van der Waals surface area contributed by atoms with Crippen LogP contribution in [0.2, 0.25) is 0 Å². The largest absolute Gasteiger partial charge is 0.371 e. The quantitative estimate of drug-likeness (QED) is 0.796. The average Bonchev–Trinajstić information content (AvgIpc) is 2.47. The van der Waals surface area contributed by atoms with Crippen LogP contribution in [0.3, 0.4) is 0 Å². The zero-order valence-electron chi connectivity index (χ0n) is 12.3. The highest BCUT2D eigenvalue weighted by molar-refractivity contribution is 5.79. The molecule has 1 aliphatic rings. The predicted octanol–water partition coefficient (Wildman–Crippen LogP) is 1.68. The number of carbonyl (C=O) groups is 1. The van der Waals surface area contributed by atoms with Crippen molar-refractivity contribution in [2.24, 2.45) is 5.73 Å². The van der Waals surface area contributed by atoms with Gasteiger partial charge in [-0.1, -0.05) is 25.1 Å². The number of hydrogen-bond donors (Lipinski definition) is 2. The Morgan fingerprint density at radius 2 is 2.25 bits per heavy atom. The molecule has 0 aliphatic carbocycles. The number of para-hydroxylation sites is 1. The molecular formula is C16H25N3O. The first kappa shape index (κ1) is 14.9. The van der Waals surface area contributed by atoms with Gasteiger partial charge in [0, 0.05) is 18.8 Å². The fraction of sp³-hybridized carbons (Fsp3) is 0.562. The number of nitrogens with one attached hydrogen (secondary N) is 1. The number of nitrogens with zero attached hydrogens (tertiary/aromatic N) is 1. The van der Waals surface area contributed by atoms with Crippen molar-refractivity contribution in [3.05, 3.63) is 29.8 Å². The number of carbonyl (C=O) groups excluding carboxylic acids is 1. The lowest BCUT2D eigenvalue weighted by Crippen LogP contribution is -2.44. The van der Waals surface area contributed by atoms with E-state index in [9.17, 15) is 4.79 Å². The van der Waals surface area contributed by atoms with E-state index in [0.29, 0.717) is 0 Å². The Kier molecular flexibility index (Phi) is 5.41. The Morgan fingerprint density at radius 3 is 3.00 bits per heavy atom. The molecule has 0 saturated heterocycles. The molecule has 1 heterocycles. The lowest BCUT2D eigenvalue weighted by atomic mass is 10.0. The summed E-state index contributed by atoms with van der Waals surface area (Å²) in [4.78, 5) is 13.8. The van der Waals surface area contributed by atoms with Crippen molar-refractivity contribution >= 4 is 11.6 Å². The maximum absolute atomic E-state index is 11.5. The van der Waals surface area contributed by atoms with Gasteiger partial charge in [0.15, 0.2) is 0 Å². The van der Waals surface area contributed by atoms with Gasteiger partial charge >= 0.3 is 0 Å². The number of rotatable bonds is 7. The minimum atomic E-state index is -0.247. The van der Waals surface area contributed by atoms with E-state index in [1.54, 1.807) is 0 Å². The molecule has 0 radical (unpaired) electrons. The second kappa shape index (κ2) is 7.29.